The fourth-order valence-corrected chi connectivity index (χ4v) is 3.75. The Kier molecular flexibility index (Phi) is 6.75. The minimum Gasteiger partial charge on any atom is -0.477 e. The Morgan fingerprint density at radius 2 is 1.74 bits per heavy atom. The van der Waals surface area contributed by atoms with Crippen LogP contribution in [0.3, 0.4) is 0 Å². The molecule has 170 valence electrons. The first-order valence-corrected chi connectivity index (χ1v) is 10.7. The molecule has 1 aromatic heterocycles. The molecule has 0 saturated heterocycles. The van der Waals surface area contributed by atoms with Gasteiger partial charge >= 0.3 is 5.97 Å². The van der Waals surface area contributed by atoms with E-state index in [9.17, 15) is 19.5 Å². The molecule has 1 heterocycles. The number of aliphatic carboxylic acids is 1. The predicted molar refractivity (Wildman–Crippen MR) is 130 cm³/mol. The van der Waals surface area contributed by atoms with Crippen molar-refractivity contribution in [3.63, 3.8) is 0 Å². The molecule has 0 unspecified atom stereocenters. The van der Waals surface area contributed by atoms with E-state index in [1.165, 1.54) is 24.3 Å². The van der Waals surface area contributed by atoms with Gasteiger partial charge in [0.1, 0.15) is 5.70 Å². The van der Waals surface area contributed by atoms with E-state index in [1.54, 1.807) is 30.3 Å². The van der Waals surface area contributed by atoms with Crippen LogP contribution >= 0.6 is 11.6 Å². The van der Waals surface area contributed by atoms with Crippen molar-refractivity contribution in [3.8, 4) is 0 Å². The van der Waals surface area contributed by atoms with Gasteiger partial charge in [-0.1, -0.05) is 54.1 Å². The van der Waals surface area contributed by atoms with Crippen LogP contribution in [-0.4, -0.2) is 27.9 Å². The summed E-state index contributed by atoms with van der Waals surface area (Å²) in [5, 5.41) is 15.7. The van der Waals surface area contributed by atoms with Crippen molar-refractivity contribution in [2.24, 2.45) is 0 Å². The molecule has 8 heteroatoms. The topological polar surface area (TPSA) is 111 Å². The van der Waals surface area contributed by atoms with Crippen molar-refractivity contribution in [3.05, 3.63) is 112 Å². The van der Waals surface area contributed by atoms with Gasteiger partial charge in [0.05, 0.1) is 10.6 Å². The minimum absolute atomic E-state index is 0.0299. The van der Waals surface area contributed by atoms with Gasteiger partial charge in [-0.15, -0.1) is 0 Å². The third kappa shape index (κ3) is 5.16. The zero-order valence-corrected chi connectivity index (χ0v) is 18.6. The fourth-order valence-electron chi connectivity index (χ4n) is 3.48. The van der Waals surface area contributed by atoms with Crippen LogP contribution in [0.1, 0.15) is 31.8 Å². The highest BCUT2D eigenvalue weighted by Gasteiger charge is 2.17. The molecule has 34 heavy (non-hydrogen) atoms. The number of amides is 2. The van der Waals surface area contributed by atoms with E-state index in [-0.39, 0.29) is 27.8 Å². The Bertz CT molecular complexity index is 1410. The molecule has 4 N–H and O–H groups in total. The normalized spacial score (nSPS) is 11.3. The monoisotopic (exact) mass is 473 g/mol. The maximum absolute atomic E-state index is 12.7. The quantitative estimate of drug-likeness (QED) is 0.294. The third-order valence-corrected chi connectivity index (χ3v) is 5.50. The largest absolute Gasteiger partial charge is 0.477 e. The number of nitrogens with one attached hydrogen (secondary N) is 3. The van der Waals surface area contributed by atoms with Crippen LogP contribution in [0.4, 0.5) is 0 Å². The summed E-state index contributed by atoms with van der Waals surface area (Å²) in [6.07, 6.45) is 3.19. The van der Waals surface area contributed by atoms with E-state index in [1.807, 2.05) is 30.5 Å². The lowest BCUT2D eigenvalue weighted by atomic mass is 10.1. The van der Waals surface area contributed by atoms with E-state index in [2.05, 4.69) is 15.6 Å². The molecule has 0 fully saturated rings. The maximum atomic E-state index is 12.7. The highest BCUT2D eigenvalue weighted by Crippen LogP contribution is 2.20. The Morgan fingerprint density at radius 3 is 2.47 bits per heavy atom. The Labute approximate surface area is 200 Å². The Hall–Kier alpha value is -4.36. The summed E-state index contributed by atoms with van der Waals surface area (Å²) >= 11 is 6.26. The van der Waals surface area contributed by atoms with Crippen molar-refractivity contribution >= 4 is 46.4 Å². The van der Waals surface area contributed by atoms with Crippen LogP contribution in [0.15, 0.2) is 84.7 Å². The molecule has 4 aromatic rings. The minimum atomic E-state index is -1.29. The number of benzene rings is 3. The summed E-state index contributed by atoms with van der Waals surface area (Å²) in [7, 11) is 0. The smallest absolute Gasteiger partial charge is 0.352 e. The predicted octanol–water partition coefficient (Wildman–Crippen LogP) is 4.61. The lowest BCUT2D eigenvalue weighted by molar-refractivity contribution is -0.132. The molecule has 0 saturated carbocycles. The second kappa shape index (κ2) is 10.1. The van der Waals surface area contributed by atoms with Crippen LogP contribution in [0, 0.1) is 0 Å². The molecular formula is C26H20ClN3O4. The molecule has 0 radical (unpaired) electrons. The molecule has 3 aromatic carbocycles. The third-order valence-electron chi connectivity index (χ3n) is 5.19. The van der Waals surface area contributed by atoms with Gasteiger partial charge in [-0.25, -0.2) is 4.79 Å². The van der Waals surface area contributed by atoms with Crippen molar-refractivity contribution in [2.45, 2.75) is 6.54 Å². The van der Waals surface area contributed by atoms with E-state index < -0.39 is 11.9 Å². The molecule has 0 aliphatic heterocycles. The van der Waals surface area contributed by atoms with Crippen molar-refractivity contribution < 1.29 is 19.5 Å². The van der Waals surface area contributed by atoms with E-state index >= 15 is 0 Å². The molecule has 4 rings (SSSR count). The number of halogens is 1. The van der Waals surface area contributed by atoms with Gasteiger partial charge in [-0.05, 0) is 47.5 Å². The number of carbonyl (C=O) groups excluding carboxylic acids is 2. The van der Waals surface area contributed by atoms with E-state index in [4.69, 9.17) is 11.6 Å². The number of carbonyl (C=O) groups is 3. The first-order chi connectivity index (χ1) is 16.4. The van der Waals surface area contributed by atoms with Crippen molar-refractivity contribution in [2.75, 3.05) is 0 Å². The van der Waals surface area contributed by atoms with Gasteiger partial charge in [-0.2, -0.15) is 0 Å². The second-order valence-corrected chi connectivity index (χ2v) is 7.87. The fraction of sp³-hybridized carbons (Fsp3) is 0.0385. The number of rotatable bonds is 7. The van der Waals surface area contributed by atoms with Crippen LogP contribution in [-0.2, 0) is 11.3 Å². The second-order valence-electron chi connectivity index (χ2n) is 7.46. The molecule has 7 nitrogen and oxygen atoms in total. The highest BCUT2D eigenvalue weighted by atomic mass is 35.5. The summed E-state index contributed by atoms with van der Waals surface area (Å²) < 4.78 is 0. The number of H-pyrrole nitrogens is 1. The SMILES string of the molecule is O=C(O)C(=Cc1ccccc1)NC(=O)c1ccc(C(=O)NCc2cccc3[nH]ccc23)cc1Cl. The highest BCUT2D eigenvalue weighted by molar-refractivity contribution is 6.34. The number of hydrogen-bond donors (Lipinski definition) is 4. The molecule has 0 aliphatic rings. The molecule has 0 aliphatic carbocycles. The average molecular weight is 474 g/mol. The van der Waals surface area contributed by atoms with Gasteiger partial charge in [0.15, 0.2) is 0 Å². The first kappa shape index (κ1) is 22.8. The number of hydrogen-bond acceptors (Lipinski definition) is 3. The van der Waals surface area contributed by atoms with Crippen molar-refractivity contribution in [1.82, 2.24) is 15.6 Å². The van der Waals surface area contributed by atoms with Gasteiger partial charge in [0, 0.05) is 29.2 Å². The van der Waals surface area contributed by atoms with Crippen LogP contribution in [0.2, 0.25) is 5.02 Å². The number of aromatic nitrogens is 1. The molecular weight excluding hydrogens is 454 g/mol. The average Bonchev–Trinajstić information content (AvgIpc) is 3.32. The lowest BCUT2D eigenvalue weighted by Crippen LogP contribution is -2.28. The summed E-state index contributed by atoms with van der Waals surface area (Å²) in [4.78, 5) is 40.0. The van der Waals surface area contributed by atoms with Crippen LogP contribution < -0.4 is 10.6 Å². The van der Waals surface area contributed by atoms with E-state index in [0.717, 1.165) is 16.5 Å². The summed E-state index contributed by atoms with van der Waals surface area (Å²) in [6.45, 7) is 0.320. The van der Waals surface area contributed by atoms with Crippen LogP contribution in [0.25, 0.3) is 17.0 Å². The summed E-state index contributed by atoms with van der Waals surface area (Å²) in [5.41, 5.74) is 2.59. The lowest BCUT2D eigenvalue weighted by Gasteiger charge is -2.10. The van der Waals surface area contributed by atoms with Gasteiger partial charge < -0.3 is 20.7 Å². The maximum Gasteiger partial charge on any atom is 0.352 e. The summed E-state index contributed by atoms with van der Waals surface area (Å²) in [5.74, 6) is -2.33. The van der Waals surface area contributed by atoms with E-state index in [0.29, 0.717) is 12.1 Å². The summed E-state index contributed by atoms with van der Waals surface area (Å²) in [6, 6.07) is 20.7. The Balaban J connectivity index is 1.46. The number of carboxylic acids is 1. The first-order valence-electron chi connectivity index (χ1n) is 10.4. The zero-order valence-electron chi connectivity index (χ0n) is 17.8. The molecule has 2 amide bonds. The molecule has 0 bridgehead atoms. The Morgan fingerprint density at radius 1 is 0.941 bits per heavy atom. The van der Waals surface area contributed by atoms with Crippen LogP contribution in [0.5, 0.6) is 0 Å². The zero-order chi connectivity index (χ0) is 24.1. The molecule has 0 spiro atoms. The standard InChI is InChI=1S/C26H20ClN3O4/c27-21-14-17(24(31)29-15-18-7-4-8-22-19(18)11-12-28-22)9-10-20(21)25(32)30-23(26(33)34)13-16-5-2-1-3-6-16/h1-14,28H,15H2,(H,29,31)(H,30,32)(H,33,34). The van der Waals surface area contributed by atoms with Gasteiger partial charge in [-0.3, -0.25) is 9.59 Å². The van der Waals surface area contributed by atoms with Gasteiger partial charge in [0.2, 0.25) is 0 Å². The number of aromatic amines is 1. The van der Waals surface area contributed by atoms with Crippen molar-refractivity contribution in [1.29, 1.82) is 0 Å². The van der Waals surface area contributed by atoms with Gasteiger partial charge in [0.25, 0.3) is 11.8 Å². The molecule has 0 atom stereocenters. The number of carboxylic acid groups (broad SMARTS) is 1. The number of fused-ring (bicyclic) bond motifs is 1.